The highest BCUT2D eigenvalue weighted by Gasteiger charge is 2.18. The number of carboxylic acids is 1. The van der Waals surface area contributed by atoms with E-state index in [0.717, 1.165) is 23.4 Å². The summed E-state index contributed by atoms with van der Waals surface area (Å²) in [5.74, 6) is -0.584. The van der Waals surface area contributed by atoms with Crippen molar-refractivity contribution >= 4 is 17.5 Å². The third-order valence-electron chi connectivity index (χ3n) is 2.06. The molecule has 0 aromatic carbocycles. The van der Waals surface area contributed by atoms with Crippen LogP contribution in [0.2, 0.25) is 0 Å². The summed E-state index contributed by atoms with van der Waals surface area (Å²) in [5, 5.41) is 23.7. The fraction of sp³-hybridized carbons (Fsp3) is 0.500. The minimum Gasteiger partial charge on any atom is -0.480 e. The average molecular weight is 254 g/mol. The van der Waals surface area contributed by atoms with E-state index in [4.69, 9.17) is 5.11 Å². The van der Waals surface area contributed by atoms with E-state index >= 15 is 0 Å². The molecule has 90 valence electrons. The third kappa shape index (κ3) is 2.44. The van der Waals surface area contributed by atoms with E-state index in [-0.39, 0.29) is 6.54 Å². The van der Waals surface area contributed by atoms with Gasteiger partial charge in [0.1, 0.15) is 11.4 Å². The highest BCUT2D eigenvalue weighted by Crippen LogP contribution is 2.24. The predicted octanol–water partition coefficient (Wildman–Crippen LogP) is 0.229. The molecule has 0 atom stereocenters. The number of carbonyl (C=O) groups is 1. The van der Waals surface area contributed by atoms with Crippen LogP contribution in [-0.4, -0.2) is 40.9 Å². The Morgan fingerprint density at radius 2 is 2.29 bits per heavy atom. The second-order valence-corrected chi connectivity index (χ2v) is 4.11. The molecule has 0 bridgehead atoms. The standard InChI is InChI=1S/C8H10N6O2S/c1-2-3-5-7(17-13-9-5)8-10-11-12-14(8)4-6(15)16/h2-4H2,1H3,(H,15,16). The van der Waals surface area contributed by atoms with Gasteiger partial charge in [-0.1, -0.05) is 17.8 Å². The van der Waals surface area contributed by atoms with Gasteiger partial charge in [-0.3, -0.25) is 4.79 Å². The zero-order valence-electron chi connectivity index (χ0n) is 9.07. The fourth-order valence-corrected chi connectivity index (χ4v) is 2.08. The highest BCUT2D eigenvalue weighted by atomic mass is 32.1. The molecule has 17 heavy (non-hydrogen) atoms. The van der Waals surface area contributed by atoms with E-state index in [1.165, 1.54) is 16.2 Å². The van der Waals surface area contributed by atoms with Crippen LogP contribution in [0.4, 0.5) is 0 Å². The van der Waals surface area contributed by atoms with Crippen molar-refractivity contribution in [2.24, 2.45) is 0 Å². The molecule has 9 heteroatoms. The smallest absolute Gasteiger partial charge is 0.325 e. The Hall–Kier alpha value is -1.90. The number of nitrogens with zero attached hydrogens (tertiary/aromatic N) is 6. The summed E-state index contributed by atoms with van der Waals surface area (Å²) < 4.78 is 5.09. The lowest BCUT2D eigenvalue weighted by molar-refractivity contribution is -0.137. The van der Waals surface area contributed by atoms with Crippen molar-refractivity contribution in [3.05, 3.63) is 5.69 Å². The van der Waals surface area contributed by atoms with Gasteiger partial charge < -0.3 is 5.11 Å². The molecule has 2 aromatic heterocycles. The van der Waals surface area contributed by atoms with Crippen LogP contribution in [0, 0.1) is 0 Å². The summed E-state index contributed by atoms with van der Waals surface area (Å²) in [6.45, 7) is 1.76. The van der Waals surface area contributed by atoms with Crippen LogP contribution in [0.1, 0.15) is 19.0 Å². The first-order valence-electron chi connectivity index (χ1n) is 5.02. The van der Waals surface area contributed by atoms with Crippen molar-refractivity contribution in [1.82, 2.24) is 29.8 Å². The lowest BCUT2D eigenvalue weighted by Crippen LogP contribution is -2.11. The molecule has 8 nitrogen and oxygen atoms in total. The van der Waals surface area contributed by atoms with E-state index < -0.39 is 5.97 Å². The van der Waals surface area contributed by atoms with Gasteiger partial charge in [-0.25, -0.2) is 4.68 Å². The molecular formula is C8H10N6O2S. The summed E-state index contributed by atoms with van der Waals surface area (Å²) in [4.78, 5) is 11.4. The van der Waals surface area contributed by atoms with Gasteiger partial charge in [0.2, 0.25) is 0 Å². The maximum absolute atomic E-state index is 10.7. The van der Waals surface area contributed by atoms with Gasteiger partial charge in [0.25, 0.3) is 0 Å². The van der Waals surface area contributed by atoms with Crippen molar-refractivity contribution in [2.45, 2.75) is 26.3 Å². The van der Waals surface area contributed by atoms with Crippen molar-refractivity contribution in [2.75, 3.05) is 0 Å². The van der Waals surface area contributed by atoms with E-state index in [9.17, 15) is 4.79 Å². The first kappa shape index (κ1) is 11.6. The Morgan fingerprint density at radius 1 is 1.47 bits per heavy atom. The van der Waals surface area contributed by atoms with Crippen LogP contribution in [0.15, 0.2) is 0 Å². The van der Waals surface area contributed by atoms with E-state index in [1.807, 2.05) is 6.92 Å². The van der Waals surface area contributed by atoms with Crippen LogP contribution in [0.5, 0.6) is 0 Å². The van der Waals surface area contributed by atoms with Crippen LogP contribution in [0.3, 0.4) is 0 Å². The largest absolute Gasteiger partial charge is 0.480 e. The molecule has 0 saturated carbocycles. The summed E-state index contributed by atoms with van der Waals surface area (Å²) in [6, 6.07) is 0. The number of aromatic nitrogens is 6. The van der Waals surface area contributed by atoms with E-state index in [2.05, 4.69) is 25.1 Å². The maximum atomic E-state index is 10.7. The molecule has 0 fully saturated rings. The predicted molar refractivity (Wildman–Crippen MR) is 58.4 cm³/mol. The number of rotatable bonds is 5. The molecule has 2 aromatic rings. The van der Waals surface area contributed by atoms with Gasteiger partial charge in [0.15, 0.2) is 5.82 Å². The average Bonchev–Trinajstić information content (AvgIpc) is 2.86. The summed E-state index contributed by atoms with van der Waals surface area (Å²) in [7, 11) is 0. The first-order valence-corrected chi connectivity index (χ1v) is 5.79. The van der Waals surface area contributed by atoms with Gasteiger partial charge in [-0.15, -0.1) is 10.2 Å². The normalized spacial score (nSPS) is 10.6. The Balaban J connectivity index is 2.35. The van der Waals surface area contributed by atoms with Crippen molar-refractivity contribution in [3.8, 4) is 10.7 Å². The van der Waals surface area contributed by atoms with Crippen LogP contribution in [0.25, 0.3) is 10.7 Å². The van der Waals surface area contributed by atoms with Crippen molar-refractivity contribution < 1.29 is 9.90 Å². The zero-order chi connectivity index (χ0) is 12.3. The van der Waals surface area contributed by atoms with E-state index in [1.54, 1.807) is 0 Å². The highest BCUT2D eigenvalue weighted by molar-refractivity contribution is 7.09. The Kier molecular flexibility index (Phi) is 3.38. The molecular weight excluding hydrogens is 244 g/mol. The molecule has 0 spiro atoms. The number of hydrogen-bond donors (Lipinski definition) is 1. The SMILES string of the molecule is CCCc1nnsc1-c1nnnn1CC(=O)O. The minimum atomic E-state index is -0.993. The molecule has 0 radical (unpaired) electrons. The Morgan fingerprint density at radius 3 is 3.00 bits per heavy atom. The number of aryl methyl sites for hydroxylation is 1. The Labute approximate surface area is 100 Å². The van der Waals surface area contributed by atoms with Crippen molar-refractivity contribution in [1.29, 1.82) is 0 Å². The van der Waals surface area contributed by atoms with Gasteiger partial charge >= 0.3 is 5.97 Å². The molecule has 2 heterocycles. The molecule has 0 aliphatic carbocycles. The second-order valence-electron chi connectivity index (χ2n) is 3.35. The van der Waals surface area contributed by atoms with Gasteiger partial charge in [-0.05, 0) is 28.4 Å². The molecule has 1 N–H and O–H groups in total. The van der Waals surface area contributed by atoms with Crippen LogP contribution in [-0.2, 0) is 17.8 Å². The number of aliphatic carboxylic acids is 1. The van der Waals surface area contributed by atoms with Gasteiger partial charge in [0, 0.05) is 0 Å². The Bertz CT molecular complexity index is 522. The molecule has 0 aliphatic rings. The topological polar surface area (TPSA) is 107 Å². The third-order valence-corrected chi connectivity index (χ3v) is 2.83. The van der Waals surface area contributed by atoms with Gasteiger partial charge in [-0.2, -0.15) is 0 Å². The monoisotopic (exact) mass is 254 g/mol. The number of carboxylic acid groups (broad SMARTS) is 1. The minimum absolute atomic E-state index is 0.272. The number of hydrogen-bond acceptors (Lipinski definition) is 7. The second kappa shape index (κ2) is 4.95. The van der Waals surface area contributed by atoms with Gasteiger partial charge in [0.05, 0.1) is 5.69 Å². The first-order chi connectivity index (χ1) is 8.22. The summed E-state index contributed by atoms with van der Waals surface area (Å²) in [6.07, 6.45) is 1.70. The lowest BCUT2D eigenvalue weighted by Gasteiger charge is -2.00. The lowest BCUT2D eigenvalue weighted by atomic mass is 10.2. The van der Waals surface area contributed by atoms with Crippen molar-refractivity contribution in [3.63, 3.8) is 0 Å². The molecule has 2 rings (SSSR count). The number of tetrazole rings is 1. The molecule has 0 amide bonds. The maximum Gasteiger partial charge on any atom is 0.325 e. The van der Waals surface area contributed by atoms with E-state index in [0.29, 0.717) is 5.82 Å². The fourth-order valence-electron chi connectivity index (χ4n) is 1.38. The molecule has 0 unspecified atom stereocenters. The zero-order valence-corrected chi connectivity index (χ0v) is 9.88. The quantitative estimate of drug-likeness (QED) is 0.813. The molecule has 0 saturated heterocycles. The molecule has 0 aliphatic heterocycles. The van der Waals surface area contributed by atoms with Crippen LogP contribution >= 0.6 is 11.5 Å². The summed E-state index contributed by atoms with van der Waals surface area (Å²) in [5.41, 5.74) is 0.805. The van der Waals surface area contributed by atoms with Crippen LogP contribution < -0.4 is 0 Å². The summed E-state index contributed by atoms with van der Waals surface area (Å²) >= 11 is 1.17.